The molecule has 38 heavy (non-hydrogen) atoms. The van der Waals surface area contributed by atoms with Crippen LogP contribution in [-0.2, 0) is 0 Å². The van der Waals surface area contributed by atoms with Crippen molar-refractivity contribution in [1.82, 2.24) is 35.0 Å². The van der Waals surface area contributed by atoms with E-state index < -0.39 is 0 Å². The second-order valence-corrected chi connectivity index (χ2v) is 9.69. The Labute approximate surface area is 219 Å². The fourth-order valence-electron chi connectivity index (χ4n) is 5.28. The van der Waals surface area contributed by atoms with Gasteiger partial charge in [-0.2, -0.15) is 5.10 Å². The number of fused-ring (bicyclic) bond motifs is 2. The van der Waals surface area contributed by atoms with Crippen LogP contribution in [0.4, 0.5) is 0 Å². The molecule has 0 unspecified atom stereocenters. The van der Waals surface area contributed by atoms with Crippen LogP contribution in [0.2, 0.25) is 0 Å². The first-order valence-electron chi connectivity index (χ1n) is 13.0. The number of hydrogen-bond acceptors (Lipinski definition) is 6. The van der Waals surface area contributed by atoms with Crippen molar-refractivity contribution in [1.29, 1.82) is 0 Å². The normalized spacial score (nSPS) is 14.0. The molecule has 8 nitrogen and oxygen atoms in total. The molecule has 6 aromatic rings. The zero-order valence-electron chi connectivity index (χ0n) is 20.9. The average molecular weight is 502 g/mol. The average Bonchev–Trinajstić information content (AvgIpc) is 3.73. The Morgan fingerprint density at radius 3 is 2.63 bits per heavy atom. The van der Waals surface area contributed by atoms with Crippen molar-refractivity contribution in [3.05, 3.63) is 79.5 Å². The van der Waals surface area contributed by atoms with Gasteiger partial charge in [0.1, 0.15) is 12.4 Å². The second kappa shape index (κ2) is 9.72. The summed E-state index contributed by atoms with van der Waals surface area (Å²) in [7, 11) is 0. The van der Waals surface area contributed by atoms with E-state index in [2.05, 4.69) is 71.4 Å². The smallest absolute Gasteiger partial charge is 0.181 e. The molecule has 1 aromatic carbocycles. The molecule has 188 valence electrons. The molecule has 0 bridgehead atoms. The van der Waals surface area contributed by atoms with Gasteiger partial charge in [-0.05, 0) is 61.8 Å². The molecular formula is C30H27N7O. The molecular weight excluding hydrogens is 474 g/mol. The van der Waals surface area contributed by atoms with E-state index in [4.69, 9.17) is 4.74 Å². The van der Waals surface area contributed by atoms with Crippen LogP contribution in [0.5, 0.6) is 5.75 Å². The van der Waals surface area contributed by atoms with Gasteiger partial charge in [-0.25, -0.2) is 4.98 Å². The second-order valence-electron chi connectivity index (χ2n) is 9.69. The fourth-order valence-corrected chi connectivity index (χ4v) is 5.28. The molecule has 7 rings (SSSR count). The molecule has 0 spiro atoms. The SMILES string of the molecule is c1cncc(-c2cccc3[nH]c(-c4[nH]nc5ncc(-c6cncc(OCCN7CCCC7)c6)cc45)cc23)c1. The molecule has 1 aliphatic rings. The van der Waals surface area contributed by atoms with Crippen molar-refractivity contribution in [2.45, 2.75) is 12.8 Å². The van der Waals surface area contributed by atoms with Crippen LogP contribution in [0.25, 0.3) is 55.6 Å². The maximum Gasteiger partial charge on any atom is 0.181 e. The van der Waals surface area contributed by atoms with Crippen LogP contribution < -0.4 is 4.74 Å². The molecule has 0 saturated carbocycles. The van der Waals surface area contributed by atoms with Gasteiger partial charge in [0.2, 0.25) is 0 Å². The van der Waals surface area contributed by atoms with Gasteiger partial charge < -0.3 is 9.72 Å². The summed E-state index contributed by atoms with van der Waals surface area (Å²) >= 11 is 0. The molecule has 1 aliphatic heterocycles. The fraction of sp³-hybridized carbons (Fsp3) is 0.200. The van der Waals surface area contributed by atoms with Crippen molar-refractivity contribution in [2.75, 3.05) is 26.2 Å². The molecule has 0 radical (unpaired) electrons. The van der Waals surface area contributed by atoms with E-state index in [1.807, 2.05) is 30.7 Å². The number of hydrogen-bond donors (Lipinski definition) is 2. The van der Waals surface area contributed by atoms with E-state index in [9.17, 15) is 0 Å². The van der Waals surface area contributed by atoms with Gasteiger partial charge in [0, 0.05) is 64.3 Å². The van der Waals surface area contributed by atoms with Gasteiger partial charge in [-0.3, -0.25) is 20.0 Å². The van der Waals surface area contributed by atoms with Gasteiger partial charge in [0.15, 0.2) is 5.65 Å². The monoisotopic (exact) mass is 501 g/mol. The zero-order chi connectivity index (χ0) is 25.3. The van der Waals surface area contributed by atoms with Gasteiger partial charge in [0.25, 0.3) is 0 Å². The summed E-state index contributed by atoms with van der Waals surface area (Å²) in [6, 6.07) is 16.6. The largest absolute Gasteiger partial charge is 0.491 e. The van der Waals surface area contributed by atoms with Crippen LogP contribution >= 0.6 is 0 Å². The Morgan fingerprint density at radius 1 is 0.842 bits per heavy atom. The highest BCUT2D eigenvalue weighted by Crippen LogP contribution is 2.34. The lowest BCUT2D eigenvalue weighted by atomic mass is 10.0. The third-order valence-electron chi connectivity index (χ3n) is 7.24. The number of ether oxygens (including phenoxy) is 1. The minimum absolute atomic E-state index is 0.662. The Kier molecular flexibility index (Phi) is 5.79. The Hall–Kier alpha value is -4.56. The lowest BCUT2D eigenvalue weighted by Crippen LogP contribution is -2.25. The summed E-state index contributed by atoms with van der Waals surface area (Å²) in [4.78, 5) is 19.3. The quantitative estimate of drug-likeness (QED) is 0.291. The number of aromatic nitrogens is 6. The molecule has 0 amide bonds. The number of pyridine rings is 3. The number of nitrogens with zero attached hydrogens (tertiary/aromatic N) is 5. The van der Waals surface area contributed by atoms with E-state index in [1.54, 1.807) is 12.4 Å². The van der Waals surface area contributed by atoms with Crippen molar-refractivity contribution in [3.8, 4) is 39.4 Å². The lowest BCUT2D eigenvalue weighted by molar-refractivity contribution is 0.237. The van der Waals surface area contributed by atoms with Crippen LogP contribution in [0, 0.1) is 0 Å². The van der Waals surface area contributed by atoms with Gasteiger partial charge in [-0.1, -0.05) is 18.2 Å². The summed E-state index contributed by atoms with van der Waals surface area (Å²) in [6.07, 6.45) is 11.7. The molecule has 5 aromatic heterocycles. The third-order valence-corrected chi connectivity index (χ3v) is 7.24. The number of H-pyrrole nitrogens is 2. The first kappa shape index (κ1) is 22.6. The number of nitrogens with one attached hydrogen (secondary N) is 2. The maximum atomic E-state index is 6.02. The minimum Gasteiger partial charge on any atom is -0.491 e. The first-order chi connectivity index (χ1) is 18.8. The topological polar surface area (TPSA) is 95.6 Å². The molecule has 6 heterocycles. The van der Waals surface area contributed by atoms with E-state index in [0.29, 0.717) is 12.3 Å². The summed E-state index contributed by atoms with van der Waals surface area (Å²) in [5.41, 5.74) is 7.71. The zero-order valence-corrected chi connectivity index (χ0v) is 20.9. The Morgan fingerprint density at radius 2 is 1.74 bits per heavy atom. The van der Waals surface area contributed by atoms with E-state index in [-0.39, 0.29) is 0 Å². The summed E-state index contributed by atoms with van der Waals surface area (Å²) in [5.74, 6) is 0.771. The standard InChI is InChI=1S/C30H27N7O/c1-2-10-37(9-1)11-12-38-23-13-21(17-32-19-23)22-14-26-29(35-36-30(26)33-18-22)28-15-25-24(6-3-7-27(25)34-28)20-5-4-8-31-16-20/h3-8,13-19,34H,1-2,9-12H2,(H,33,35,36). The third kappa shape index (κ3) is 4.29. The molecule has 1 fully saturated rings. The lowest BCUT2D eigenvalue weighted by Gasteiger charge is -2.15. The van der Waals surface area contributed by atoms with Crippen LogP contribution in [0.1, 0.15) is 12.8 Å². The summed E-state index contributed by atoms with van der Waals surface area (Å²) < 4.78 is 6.02. The highest BCUT2D eigenvalue weighted by molar-refractivity contribution is 6.01. The number of likely N-dealkylation sites (tertiary alicyclic amines) is 1. The van der Waals surface area contributed by atoms with E-state index >= 15 is 0 Å². The molecule has 1 saturated heterocycles. The van der Waals surface area contributed by atoms with Crippen LogP contribution in [0.3, 0.4) is 0 Å². The van der Waals surface area contributed by atoms with Crippen LogP contribution in [-0.4, -0.2) is 61.3 Å². The Bertz CT molecular complexity index is 1720. The summed E-state index contributed by atoms with van der Waals surface area (Å²) in [6.45, 7) is 3.95. The summed E-state index contributed by atoms with van der Waals surface area (Å²) in [5, 5.41) is 9.73. The van der Waals surface area contributed by atoms with Gasteiger partial charge in [0.05, 0.1) is 17.6 Å². The number of aromatic amines is 2. The number of rotatable bonds is 7. The highest BCUT2D eigenvalue weighted by Gasteiger charge is 2.15. The predicted molar refractivity (Wildman–Crippen MR) is 149 cm³/mol. The van der Waals surface area contributed by atoms with E-state index in [0.717, 1.165) is 62.2 Å². The van der Waals surface area contributed by atoms with Crippen molar-refractivity contribution < 1.29 is 4.74 Å². The minimum atomic E-state index is 0.662. The molecule has 8 heteroatoms. The van der Waals surface area contributed by atoms with Crippen LogP contribution in [0.15, 0.2) is 79.5 Å². The van der Waals surface area contributed by atoms with Gasteiger partial charge >= 0.3 is 0 Å². The maximum absolute atomic E-state index is 6.02. The Balaban J connectivity index is 1.20. The first-order valence-corrected chi connectivity index (χ1v) is 13.0. The highest BCUT2D eigenvalue weighted by atomic mass is 16.5. The van der Waals surface area contributed by atoms with Crippen molar-refractivity contribution >= 4 is 21.9 Å². The molecule has 0 aliphatic carbocycles. The number of benzene rings is 1. The predicted octanol–water partition coefficient (Wildman–Crippen LogP) is 5.70. The van der Waals surface area contributed by atoms with Crippen molar-refractivity contribution in [3.63, 3.8) is 0 Å². The van der Waals surface area contributed by atoms with Gasteiger partial charge in [-0.15, -0.1) is 0 Å². The van der Waals surface area contributed by atoms with E-state index in [1.165, 1.54) is 25.9 Å². The molecule has 0 atom stereocenters. The molecule has 2 N–H and O–H groups in total. The van der Waals surface area contributed by atoms with Crippen molar-refractivity contribution in [2.24, 2.45) is 0 Å².